The van der Waals surface area contributed by atoms with E-state index >= 15 is 0 Å². The average molecular weight is 250 g/mol. The number of amides is 1. The first-order valence-corrected chi connectivity index (χ1v) is 5.20. The van der Waals surface area contributed by atoms with Crippen LogP contribution in [-0.4, -0.2) is 28.4 Å². The summed E-state index contributed by atoms with van der Waals surface area (Å²) in [6.07, 6.45) is 0.731. The maximum absolute atomic E-state index is 11.1. The van der Waals surface area contributed by atoms with Gasteiger partial charge in [0.25, 0.3) is 5.91 Å². The number of hydrogen-bond acceptors (Lipinski definition) is 4. The molecule has 0 atom stereocenters. The fraction of sp³-hybridized carbons (Fsp3) is 0.250. The molecule has 0 saturated carbocycles. The lowest BCUT2D eigenvalue weighted by atomic mass is 9.85. The molecule has 0 aromatic heterocycles. The molecule has 3 N–H and O–H groups in total. The van der Waals surface area contributed by atoms with Crippen LogP contribution in [0.15, 0.2) is 29.4 Å². The summed E-state index contributed by atoms with van der Waals surface area (Å²) in [6, 6.07) is 6.42. The van der Waals surface area contributed by atoms with Crippen molar-refractivity contribution in [3.63, 3.8) is 0 Å². The van der Waals surface area contributed by atoms with Gasteiger partial charge in [-0.2, -0.15) is 0 Å². The molecule has 0 bridgehead atoms. The van der Waals surface area contributed by atoms with E-state index in [1.54, 1.807) is 38.1 Å². The lowest BCUT2D eigenvalue weighted by molar-refractivity contribution is -0.142. The molecule has 6 nitrogen and oxygen atoms in total. The molecule has 1 aromatic rings. The zero-order chi connectivity index (χ0) is 13.8. The Morgan fingerprint density at radius 2 is 1.83 bits per heavy atom. The summed E-state index contributed by atoms with van der Waals surface area (Å²) >= 11 is 0. The first-order chi connectivity index (χ1) is 8.37. The van der Waals surface area contributed by atoms with Crippen LogP contribution in [0.1, 0.15) is 19.4 Å². The van der Waals surface area contributed by atoms with Gasteiger partial charge >= 0.3 is 5.97 Å². The van der Waals surface area contributed by atoms with Crippen molar-refractivity contribution in [3.05, 3.63) is 29.8 Å². The highest BCUT2D eigenvalue weighted by molar-refractivity contribution is 6.31. The Kier molecular flexibility index (Phi) is 4.04. The molecule has 18 heavy (non-hydrogen) atoms. The monoisotopic (exact) mass is 250 g/mol. The summed E-state index contributed by atoms with van der Waals surface area (Å²) in [4.78, 5) is 22.1. The van der Waals surface area contributed by atoms with E-state index in [0.29, 0.717) is 11.3 Å². The fourth-order valence-corrected chi connectivity index (χ4v) is 1.32. The van der Waals surface area contributed by atoms with Gasteiger partial charge in [0, 0.05) is 5.69 Å². The Balaban J connectivity index is 2.87. The number of oxime groups is 1. The number of nitrogens with zero attached hydrogens (tertiary/aromatic N) is 1. The number of anilines is 1. The number of carbonyl (C=O) groups is 2. The topological polar surface area (TPSA) is 99.0 Å². The van der Waals surface area contributed by atoms with Gasteiger partial charge in [0.15, 0.2) is 0 Å². The SMILES string of the molecule is CC(C)(C(=O)O)c1ccc(NC(=O)/C=N/O)cc1. The number of aliphatic carboxylic acids is 1. The van der Waals surface area contributed by atoms with Crippen molar-refractivity contribution in [1.29, 1.82) is 0 Å². The Morgan fingerprint density at radius 3 is 2.28 bits per heavy atom. The Bertz CT molecular complexity index is 477. The lowest BCUT2D eigenvalue weighted by Crippen LogP contribution is -2.28. The first-order valence-electron chi connectivity index (χ1n) is 5.20. The van der Waals surface area contributed by atoms with Crippen LogP contribution in [-0.2, 0) is 15.0 Å². The summed E-state index contributed by atoms with van der Waals surface area (Å²) in [6.45, 7) is 3.20. The van der Waals surface area contributed by atoms with Gasteiger partial charge in [-0.3, -0.25) is 9.59 Å². The number of nitrogens with one attached hydrogen (secondary N) is 1. The minimum Gasteiger partial charge on any atom is -0.481 e. The molecule has 0 radical (unpaired) electrons. The molecule has 0 aliphatic carbocycles. The van der Waals surface area contributed by atoms with Crippen LogP contribution in [0.4, 0.5) is 5.69 Å². The molecule has 0 saturated heterocycles. The highest BCUT2D eigenvalue weighted by Crippen LogP contribution is 2.24. The maximum atomic E-state index is 11.1. The minimum atomic E-state index is -0.991. The van der Waals surface area contributed by atoms with Gasteiger partial charge in [0.05, 0.1) is 5.41 Å². The van der Waals surface area contributed by atoms with E-state index in [9.17, 15) is 9.59 Å². The molecule has 96 valence electrons. The molecule has 1 amide bonds. The van der Waals surface area contributed by atoms with Gasteiger partial charge < -0.3 is 15.6 Å². The molecule has 6 heteroatoms. The minimum absolute atomic E-state index is 0.491. The molecule has 0 spiro atoms. The van der Waals surface area contributed by atoms with E-state index in [-0.39, 0.29) is 0 Å². The van der Waals surface area contributed by atoms with Gasteiger partial charge in [-0.05, 0) is 31.5 Å². The van der Waals surface area contributed by atoms with Crippen molar-refractivity contribution in [2.75, 3.05) is 5.32 Å². The molecular weight excluding hydrogens is 236 g/mol. The maximum Gasteiger partial charge on any atom is 0.313 e. The standard InChI is InChI=1S/C12H14N2O4/c1-12(2,11(16)17)8-3-5-9(6-4-8)14-10(15)7-13-18/h3-7,18H,1-2H3,(H,14,15)(H,16,17)/b13-7+. The normalized spacial score (nSPS) is 11.4. The molecule has 0 unspecified atom stereocenters. The average Bonchev–Trinajstić information content (AvgIpc) is 2.29. The van der Waals surface area contributed by atoms with Gasteiger partial charge in [-0.1, -0.05) is 17.3 Å². The Labute approximate surface area is 104 Å². The van der Waals surface area contributed by atoms with E-state index in [1.165, 1.54) is 0 Å². The zero-order valence-corrected chi connectivity index (χ0v) is 10.0. The largest absolute Gasteiger partial charge is 0.481 e. The summed E-state index contributed by atoms with van der Waals surface area (Å²) in [5.41, 5.74) is 0.128. The van der Waals surface area contributed by atoms with Crippen molar-refractivity contribution in [3.8, 4) is 0 Å². The zero-order valence-electron chi connectivity index (χ0n) is 10.0. The second-order valence-corrected chi connectivity index (χ2v) is 4.24. The smallest absolute Gasteiger partial charge is 0.313 e. The predicted octanol–water partition coefficient (Wildman–Crippen LogP) is 1.45. The number of carbonyl (C=O) groups excluding carboxylic acids is 1. The molecular formula is C12H14N2O4. The van der Waals surface area contributed by atoms with Crippen molar-refractivity contribution in [1.82, 2.24) is 0 Å². The number of hydrogen-bond donors (Lipinski definition) is 3. The molecule has 0 heterocycles. The second-order valence-electron chi connectivity index (χ2n) is 4.24. The van der Waals surface area contributed by atoms with Crippen molar-refractivity contribution < 1.29 is 19.9 Å². The lowest BCUT2D eigenvalue weighted by Gasteiger charge is -2.19. The highest BCUT2D eigenvalue weighted by atomic mass is 16.4. The Morgan fingerprint density at radius 1 is 1.28 bits per heavy atom. The highest BCUT2D eigenvalue weighted by Gasteiger charge is 2.29. The third kappa shape index (κ3) is 3.07. The van der Waals surface area contributed by atoms with Gasteiger partial charge in [-0.15, -0.1) is 0 Å². The first kappa shape index (κ1) is 13.7. The number of carboxylic acids is 1. The van der Waals surface area contributed by atoms with E-state index in [1.807, 2.05) is 0 Å². The molecule has 1 rings (SSSR count). The molecule has 0 aliphatic heterocycles. The van der Waals surface area contributed by atoms with Crippen LogP contribution in [0.2, 0.25) is 0 Å². The van der Waals surface area contributed by atoms with Crippen LogP contribution in [0.5, 0.6) is 0 Å². The number of carboxylic acid groups (broad SMARTS) is 1. The molecule has 1 aromatic carbocycles. The quantitative estimate of drug-likeness (QED) is 0.428. The van der Waals surface area contributed by atoms with E-state index in [4.69, 9.17) is 10.3 Å². The van der Waals surface area contributed by atoms with Crippen molar-refractivity contribution in [2.24, 2.45) is 5.16 Å². The molecule has 0 aliphatic rings. The summed E-state index contributed by atoms with van der Waals surface area (Å²) in [5, 5.41) is 22.3. The summed E-state index contributed by atoms with van der Waals surface area (Å²) in [5.74, 6) is -1.49. The second kappa shape index (κ2) is 5.31. The summed E-state index contributed by atoms with van der Waals surface area (Å²) < 4.78 is 0. The van der Waals surface area contributed by atoms with Crippen LogP contribution in [0.25, 0.3) is 0 Å². The van der Waals surface area contributed by atoms with Gasteiger partial charge in [-0.25, -0.2) is 0 Å². The van der Waals surface area contributed by atoms with Crippen LogP contribution in [0.3, 0.4) is 0 Å². The van der Waals surface area contributed by atoms with E-state index in [2.05, 4.69) is 10.5 Å². The fourth-order valence-electron chi connectivity index (χ4n) is 1.32. The predicted molar refractivity (Wildman–Crippen MR) is 66.0 cm³/mol. The van der Waals surface area contributed by atoms with Gasteiger partial charge in [0.1, 0.15) is 6.21 Å². The van der Waals surface area contributed by atoms with Crippen LogP contribution in [0, 0.1) is 0 Å². The van der Waals surface area contributed by atoms with E-state index in [0.717, 1.165) is 6.21 Å². The number of rotatable bonds is 4. The van der Waals surface area contributed by atoms with Crippen LogP contribution >= 0.6 is 0 Å². The third-order valence-corrected chi connectivity index (χ3v) is 2.58. The number of benzene rings is 1. The molecule has 0 fully saturated rings. The van der Waals surface area contributed by atoms with Gasteiger partial charge in [0.2, 0.25) is 0 Å². The Hall–Kier alpha value is -2.37. The van der Waals surface area contributed by atoms with Crippen LogP contribution < -0.4 is 5.32 Å². The summed E-state index contributed by atoms with van der Waals surface area (Å²) in [7, 11) is 0. The van der Waals surface area contributed by atoms with Crippen molar-refractivity contribution in [2.45, 2.75) is 19.3 Å². The van der Waals surface area contributed by atoms with E-state index < -0.39 is 17.3 Å². The van der Waals surface area contributed by atoms with Crippen molar-refractivity contribution >= 4 is 23.8 Å². The third-order valence-electron chi connectivity index (χ3n) is 2.58.